The molecule has 4 aliphatic carbocycles. The summed E-state index contributed by atoms with van der Waals surface area (Å²) in [5.41, 5.74) is -0.412. The van der Waals surface area contributed by atoms with Crippen molar-refractivity contribution in [3.63, 3.8) is 0 Å². The minimum absolute atomic E-state index is 0.146. The largest absolute Gasteiger partial charge is 0.332 e. The van der Waals surface area contributed by atoms with Gasteiger partial charge in [0.15, 0.2) is 0 Å². The fourth-order valence-corrected chi connectivity index (χ4v) is 6.59. The molecule has 4 bridgehead atoms. The van der Waals surface area contributed by atoms with Gasteiger partial charge in [-0.1, -0.05) is 0 Å². The van der Waals surface area contributed by atoms with Crippen LogP contribution in [0.4, 0.5) is 4.79 Å². The quantitative estimate of drug-likeness (QED) is 0.846. The van der Waals surface area contributed by atoms with Crippen LogP contribution >= 0.6 is 11.3 Å². The number of carbonyl (C=O) groups is 2. The van der Waals surface area contributed by atoms with Crippen LogP contribution in [0.15, 0.2) is 22.6 Å². The normalized spacial score (nSPS) is 31.2. The number of imide groups is 1. The van der Waals surface area contributed by atoms with E-state index in [0.717, 1.165) is 19.3 Å². The molecule has 0 atom stereocenters. The lowest BCUT2D eigenvalue weighted by molar-refractivity contribution is -0.120. The van der Waals surface area contributed by atoms with E-state index < -0.39 is 11.9 Å². The summed E-state index contributed by atoms with van der Waals surface area (Å²) < 4.78 is 1.24. The zero-order chi connectivity index (χ0) is 18.6. The molecule has 0 aromatic carbocycles. The first-order valence-corrected chi connectivity index (χ1v) is 10.4. The van der Waals surface area contributed by atoms with Crippen LogP contribution in [0.3, 0.4) is 0 Å². The first-order valence-electron chi connectivity index (χ1n) is 9.54. The minimum atomic E-state index is -0.504. The molecule has 2 aromatic heterocycles. The van der Waals surface area contributed by atoms with Crippen molar-refractivity contribution in [1.82, 2.24) is 20.2 Å². The number of aromatic nitrogens is 2. The Kier molecular flexibility index (Phi) is 3.86. The number of carbonyl (C=O) groups excluding carboxylic acids is 2. The van der Waals surface area contributed by atoms with E-state index in [1.54, 1.807) is 11.4 Å². The van der Waals surface area contributed by atoms with Gasteiger partial charge < -0.3 is 5.32 Å². The maximum Gasteiger partial charge on any atom is 0.321 e. The summed E-state index contributed by atoms with van der Waals surface area (Å²) in [5, 5.41) is 7.80. The van der Waals surface area contributed by atoms with Crippen LogP contribution in [0.2, 0.25) is 0 Å². The summed E-state index contributed by atoms with van der Waals surface area (Å²) in [7, 11) is 0. The Labute approximate surface area is 160 Å². The summed E-state index contributed by atoms with van der Waals surface area (Å²) >= 11 is 1.38. The minimum Gasteiger partial charge on any atom is -0.332 e. The van der Waals surface area contributed by atoms with Gasteiger partial charge in [-0.05, 0) is 67.7 Å². The highest BCUT2D eigenvalue weighted by Gasteiger charge is 2.51. The highest BCUT2D eigenvalue weighted by molar-refractivity contribution is 7.16. The number of thiophene rings is 1. The third-order valence-electron chi connectivity index (χ3n) is 6.43. The lowest BCUT2D eigenvalue weighted by Gasteiger charge is -2.56. The van der Waals surface area contributed by atoms with Gasteiger partial charge in [0, 0.05) is 5.54 Å². The molecule has 142 valence electrons. The van der Waals surface area contributed by atoms with E-state index >= 15 is 0 Å². The van der Waals surface area contributed by atoms with Gasteiger partial charge in [-0.3, -0.25) is 19.5 Å². The van der Waals surface area contributed by atoms with Gasteiger partial charge in [0.1, 0.15) is 11.4 Å². The molecule has 0 spiro atoms. The molecular weight excluding hydrogens is 364 g/mol. The Morgan fingerprint density at radius 2 is 1.85 bits per heavy atom. The van der Waals surface area contributed by atoms with Gasteiger partial charge >= 0.3 is 6.03 Å². The van der Waals surface area contributed by atoms with E-state index in [9.17, 15) is 14.4 Å². The Morgan fingerprint density at radius 3 is 2.52 bits per heavy atom. The van der Waals surface area contributed by atoms with Crippen LogP contribution in [0.1, 0.15) is 38.5 Å². The molecule has 6 rings (SSSR count). The van der Waals surface area contributed by atoms with Crippen molar-refractivity contribution in [2.24, 2.45) is 17.8 Å². The fraction of sp³-hybridized carbons (Fsp3) is 0.579. The van der Waals surface area contributed by atoms with E-state index in [4.69, 9.17) is 0 Å². The average molecular weight is 386 g/mol. The van der Waals surface area contributed by atoms with E-state index in [0.29, 0.717) is 28.0 Å². The monoisotopic (exact) mass is 386 g/mol. The van der Waals surface area contributed by atoms with Gasteiger partial charge in [-0.2, -0.15) is 0 Å². The lowest BCUT2D eigenvalue weighted by atomic mass is 9.53. The molecule has 0 saturated heterocycles. The van der Waals surface area contributed by atoms with Crippen molar-refractivity contribution in [2.75, 3.05) is 0 Å². The SMILES string of the molecule is O=C(Cn1cnc2sccc2c1=O)NC(=O)NC12CC3CC(CC(C3)C1)C2. The molecule has 7 nitrogen and oxygen atoms in total. The fourth-order valence-electron chi connectivity index (χ4n) is 5.86. The van der Waals surface area contributed by atoms with Gasteiger partial charge in [0.2, 0.25) is 5.91 Å². The Bertz CT molecular complexity index is 943. The lowest BCUT2D eigenvalue weighted by Crippen LogP contribution is -2.62. The van der Waals surface area contributed by atoms with Crippen LogP contribution in [-0.4, -0.2) is 27.0 Å². The van der Waals surface area contributed by atoms with Gasteiger partial charge in [0.05, 0.1) is 11.7 Å². The molecule has 8 heteroatoms. The number of urea groups is 1. The van der Waals surface area contributed by atoms with Gasteiger partial charge in [-0.25, -0.2) is 9.78 Å². The zero-order valence-electron chi connectivity index (χ0n) is 14.9. The molecule has 0 unspecified atom stereocenters. The maximum atomic E-state index is 12.4. The van der Waals surface area contributed by atoms with Crippen LogP contribution in [-0.2, 0) is 11.3 Å². The molecular formula is C19H22N4O3S. The van der Waals surface area contributed by atoms with Crippen molar-refractivity contribution in [1.29, 1.82) is 0 Å². The second-order valence-corrected chi connectivity index (χ2v) is 9.41. The molecule has 0 radical (unpaired) electrons. The number of hydrogen-bond acceptors (Lipinski definition) is 5. The summed E-state index contributed by atoms with van der Waals surface area (Å²) in [5.74, 6) is 1.65. The van der Waals surface area contributed by atoms with E-state index in [1.165, 1.54) is 41.5 Å². The number of nitrogens with one attached hydrogen (secondary N) is 2. The van der Waals surface area contributed by atoms with Crippen LogP contribution in [0, 0.1) is 17.8 Å². The first-order chi connectivity index (χ1) is 13.0. The second-order valence-electron chi connectivity index (χ2n) is 8.52. The predicted octanol–water partition coefficient (Wildman–Crippen LogP) is 2.25. The van der Waals surface area contributed by atoms with E-state index in [1.807, 2.05) is 0 Å². The summed E-state index contributed by atoms with van der Waals surface area (Å²) in [6.45, 7) is -0.216. The molecule has 0 aliphatic heterocycles. The summed E-state index contributed by atoms with van der Waals surface area (Å²) in [6.07, 6.45) is 8.32. The molecule has 4 saturated carbocycles. The van der Waals surface area contributed by atoms with Crippen molar-refractivity contribution in [3.05, 3.63) is 28.1 Å². The van der Waals surface area contributed by atoms with E-state index in [-0.39, 0.29) is 17.6 Å². The first kappa shape index (κ1) is 16.9. The Hall–Kier alpha value is -2.22. The zero-order valence-corrected chi connectivity index (χ0v) is 15.8. The third-order valence-corrected chi connectivity index (χ3v) is 7.26. The number of hydrogen-bond donors (Lipinski definition) is 2. The Morgan fingerprint density at radius 1 is 1.19 bits per heavy atom. The topological polar surface area (TPSA) is 93.1 Å². The smallest absolute Gasteiger partial charge is 0.321 e. The summed E-state index contributed by atoms with van der Waals surface area (Å²) in [6, 6.07) is 1.25. The number of amides is 3. The van der Waals surface area contributed by atoms with Gasteiger partial charge in [0.25, 0.3) is 5.56 Å². The molecule has 2 N–H and O–H groups in total. The molecule has 2 aromatic rings. The van der Waals surface area contributed by atoms with Crippen molar-refractivity contribution >= 4 is 33.5 Å². The molecule has 27 heavy (non-hydrogen) atoms. The van der Waals surface area contributed by atoms with Crippen LogP contribution in [0.25, 0.3) is 10.2 Å². The van der Waals surface area contributed by atoms with Crippen molar-refractivity contribution < 1.29 is 9.59 Å². The number of nitrogens with zero attached hydrogens (tertiary/aromatic N) is 2. The maximum absolute atomic E-state index is 12.4. The summed E-state index contributed by atoms with van der Waals surface area (Å²) in [4.78, 5) is 41.9. The van der Waals surface area contributed by atoms with E-state index in [2.05, 4.69) is 15.6 Å². The van der Waals surface area contributed by atoms with Crippen LogP contribution < -0.4 is 16.2 Å². The number of rotatable bonds is 3. The average Bonchev–Trinajstić information content (AvgIpc) is 3.05. The van der Waals surface area contributed by atoms with Crippen LogP contribution in [0.5, 0.6) is 0 Å². The molecule has 2 heterocycles. The highest BCUT2D eigenvalue weighted by Crippen LogP contribution is 2.55. The van der Waals surface area contributed by atoms with Crippen molar-refractivity contribution in [3.8, 4) is 0 Å². The van der Waals surface area contributed by atoms with Crippen molar-refractivity contribution in [2.45, 2.75) is 50.6 Å². The van der Waals surface area contributed by atoms with Gasteiger partial charge in [-0.15, -0.1) is 11.3 Å². The molecule has 3 amide bonds. The second kappa shape index (κ2) is 6.15. The Balaban J connectivity index is 1.24. The number of fused-ring (bicyclic) bond motifs is 1. The molecule has 4 fully saturated rings. The predicted molar refractivity (Wildman–Crippen MR) is 101 cm³/mol. The third kappa shape index (κ3) is 3.05. The standard InChI is InChI=1S/C19H22N4O3S/c24-15(9-23-10-20-16-14(17(23)25)1-2-27-16)21-18(26)22-19-6-11-3-12(7-19)5-13(4-11)8-19/h1-2,10-13H,3-9H2,(H2,21,22,24,26). The molecule has 4 aliphatic rings. The highest BCUT2D eigenvalue weighted by atomic mass is 32.1.